The van der Waals surface area contributed by atoms with Crippen LogP contribution in [0.3, 0.4) is 0 Å². The lowest BCUT2D eigenvalue weighted by atomic mass is 9.88. The van der Waals surface area contributed by atoms with Gasteiger partial charge in [0.1, 0.15) is 11.8 Å². The number of carbonyl (C=O) groups excluding carboxylic acids is 3. The molecule has 160 valence electrons. The largest absolute Gasteiger partial charge is 0.497 e. The van der Waals surface area contributed by atoms with Crippen LogP contribution in [0.1, 0.15) is 44.0 Å². The molecule has 1 aliphatic heterocycles. The summed E-state index contributed by atoms with van der Waals surface area (Å²) in [5.74, 6) is 0.0109. The highest BCUT2D eigenvalue weighted by Crippen LogP contribution is 2.22. The van der Waals surface area contributed by atoms with E-state index in [0.29, 0.717) is 43.8 Å². The zero-order valence-electron chi connectivity index (χ0n) is 17.7. The molecule has 1 aliphatic rings. The summed E-state index contributed by atoms with van der Waals surface area (Å²) < 4.78 is 5.18. The third kappa shape index (κ3) is 6.37. The molecule has 0 bridgehead atoms. The van der Waals surface area contributed by atoms with E-state index in [2.05, 4.69) is 16.0 Å². The van der Waals surface area contributed by atoms with Gasteiger partial charge in [-0.2, -0.15) is 0 Å². The van der Waals surface area contributed by atoms with E-state index in [9.17, 15) is 14.4 Å². The Kier molecular flexibility index (Phi) is 8.30. The molecule has 0 aromatic heterocycles. The summed E-state index contributed by atoms with van der Waals surface area (Å²) in [5.41, 5.74) is 0.437. The molecule has 0 saturated carbocycles. The van der Waals surface area contributed by atoms with Crippen LogP contribution in [0, 0.1) is 5.92 Å². The monoisotopic (exact) mass is 404 g/mol. The highest BCUT2D eigenvalue weighted by atomic mass is 16.5. The van der Waals surface area contributed by atoms with Crippen molar-refractivity contribution in [2.75, 3.05) is 26.7 Å². The van der Waals surface area contributed by atoms with E-state index < -0.39 is 6.04 Å². The Morgan fingerprint density at radius 2 is 1.86 bits per heavy atom. The van der Waals surface area contributed by atoms with Crippen LogP contribution >= 0.6 is 0 Å². The number of nitrogens with zero attached hydrogens (tertiary/aromatic N) is 1. The van der Waals surface area contributed by atoms with Crippen molar-refractivity contribution in [1.82, 2.24) is 20.9 Å². The van der Waals surface area contributed by atoms with Gasteiger partial charge < -0.3 is 25.6 Å². The van der Waals surface area contributed by atoms with Crippen molar-refractivity contribution in [1.29, 1.82) is 0 Å². The van der Waals surface area contributed by atoms with Crippen LogP contribution in [0.2, 0.25) is 0 Å². The summed E-state index contributed by atoms with van der Waals surface area (Å²) in [6.45, 7) is 7.33. The maximum Gasteiger partial charge on any atom is 0.317 e. The standard InChI is InChI=1S/C21H32N4O4/c1-5-22-21(28)25-11-9-15(10-12-25)18(20(27)23-14(2)3)24-19(26)16-7-6-8-17(13-16)29-4/h6-8,13-15,18H,5,9-12H2,1-4H3,(H,22,28)(H,23,27)(H,24,26)/t18-/m0/s1. The van der Waals surface area contributed by atoms with Crippen molar-refractivity contribution >= 4 is 17.8 Å². The second-order valence-electron chi connectivity index (χ2n) is 7.51. The normalized spacial score (nSPS) is 15.6. The van der Waals surface area contributed by atoms with Gasteiger partial charge >= 0.3 is 6.03 Å². The third-order valence-electron chi connectivity index (χ3n) is 4.96. The van der Waals surface area contributed by atoms with Gasteiger partial charge in [-0.15, -0.1) is 0 Å². The highest BCUT2D eigenvalue weighted by Gasteiger charge is 2.34. The zero-order valence-corrected chi connectivity index (χ0v) is 17.7. The van der Waals surface area contributed by atoms with Gasteiger partial charge in [-0.25, -0.2) is 4.79 Å². The van der Waals surface area contributed by atoms with E-state index in [1.807, 2.05) is 20.8 Å². The first-order chi connectivity index (χ1) is 13.8. The predicted octanol–water partition coefficient (Wildman–Crippen LogP) is 1.76. The maximum atomic E-state index is 12.8. The van der Waals surface area contributed by atoms with E-state index in [-0.39, 0.29) is 29.8 Å². The Bertz CT molecular complexity index is 714. The molecule has 1 fully saturated rings. The molecule has 1 atom stereocenters. The molecule has 8 nitrogen and oxygen atoms in total. The number of ether oxygens (including phenoxy) is 1. The van der Waals surface area contributed by atoms with Crippen LogP contribution in [0.25, 0.3) is 0 Å². The van der Waals surface area contributed by atoms with Crippen LogP contribution in [0.4, 0.5) is 4.79 Å². The van der Waals surface area contributed by atoms with Gasteiger partial charge in [0.25, 0.3) is 5.91 Å². The van der Waals surface area contributed by atoms with Crippen LogP contribution < -0.4 is 20.7 Å². The van der Waals surface area contributed by atoms with Gasteiger partial charge in [-0.3, -0.25) is 9.59 Å². The third-order valence-corrected chi connectivity index (χ3v) is 4.96. The number of hydrogen-bond donors (Lipinski definition) is 3. The average Bonchev–Trinajstić information content (AvgIpc) is 2.71. The van der Waals surface area contributed by atoms with Crippen LogP contribution in [0.15, 0.2) is 24.3 Å². The van der Waals surface area contributed by atoms with Crippen molar-refractivity contribution in [3.63, 3.8) is 0 Å². The van der Waals surface area contributed by atoms with Crippen LogP contribution in [0.5, 0.6) is 5.75 Å². The summed E-state index contributed by atoms with van der Waals surface area (Å²) in [6.07, 6.45) is 1.29. The molecular weight excluding hydrogens is 372 g/mol. The van der Waals surface area contributed by atoms with Crippen molar-refractivity contribution < 1.29 is 19.1 Å². The number of hydrogen-bond acceptors (Lipinski definition) is 4. The van der Waals surface area contributed by atoms with E-state index >= 15 is 0 Å². The Morgan fingerprint density at radius 1 is 1.17 bits per heavy atom. The topological polar surface area (TPSA) is 99.8 Å². The molecule has 3 N–H and O–H groups in total. The SMILES string of the molecule is CCNC(=O)N1CCC([C@H](NC(=O)c2cccc(OC)c2)C(=O)NC(C)C)CC1. The Labute approximate surface area is 172 Å². The number of amides is 4. The lowest BCUT2D eigenvalue weighted by Crippen LogP contribution is -2.55. The van der Waals surface area contributed by atoms with E-state index in [1.165, 1.54) is 0 Å². The minimum absolute atomic E-state index is 0.0332. The minimum Gasteiger partial charge on any atom is -0.497 e. The second kappa shape index (κ2) is 10.7. The van der Waals surface area contributed by atoms with E-state index in [1.54, 1.807) is 36.3 Å². The Morgan fingerprint density at radius 3 is 2.45 bits per heavy atom. The molecule has 4 amide bonds. The van der Waals surface area contributed by atoms with Crippen molar-refractivity contribution in [3.8, 4) is 5.75 Å². The molecule has 1 aromatic rings. The smallest absolute Gasteiger partial charge is 0.317 e. The number of urea groups is 1. The molecule has 0 spiro atoms. The lowest BCUT2D eigenvalue weighted by molar-refractivity contribution is -0.125. The molecule has 29 heavy (non-hydrogen) atoms. The number of piperidine rings is 1. The quantitative estimate of drug-likeness (QED) is 0.645. The zero-order chi connectivity index (χ0) is 21.4. The summed E-state index contributed by atoms with van der Waals surface area (Å²) >= 11 is 0. The molecule has 0 aliphatic carbocycles. The van der Waals surface area contributed by atoms with Crippen LogP contribution in [-0.2, 0) is 4.79 Å². The lowest BCUT2D eigenvalue weighted by Gasteiger charge is -2.36. The van der Waals surface area contributed by atoms with E-state index in [4.69, 9.17) is 4.74 Å². The van der Waals surface area contributed by atoms with Gasteiger partial charge in [-0.1, -0.05) is 6.07 Å². The molecule has 0 unspecified atom stereocenters. The molecule has 8 heteroatoms. The Hall–Kier alpha value is -2.77. The molecule has 1 heterocycles. The summed E-state index contributed by atoms with van der Waals surface area (Å²) in [6, 6.07) is 6.05. The number of methoxy groups -OCH3 is 1. The number of rotatable bonds is 7. The van der Waals surface area contributed by atoms with Gasteiger partial charge in [0, 0.05) is 31.2 Å². The highest BCUT2D eigenvalue weighted by molar-refractivity contribution is 5.98. The first kappa shape index (κ1) is 22.5. The Balaban J connectivity index is 2.10. The maximum absolute atomic E-state index is 12.8. The fourth-order valence-electron chi connectivity index (χ4n) is 3.46. The molecular formula is C21H32N4O4. The first-order valence-corrected chi connectivity index (χ1v) is 10.1. The fourth-order valence-corrected chi connectivity index (χ4v) is 3.46. The molecule has 1 saturated heterocycles. The van der Waals surface area contributed by atoms with Crippen molar-refractivity contribution in [3.05, 3.63) is 29.8 Å². The van der Waals surface area contributed by atoms with Gasteiger partial charge in [0.15, 0.2) is 0 Å². The molecule has 0 radical (unpaired) electrons. The number of nitrogens with one attached hydrogen (secondary N) is 3. The van der Waals surface area contributed by atoms with Gasteiger partial charge in [0.05, 0.1) is 7.11 Å². The van der Waals surface area contributed by atoms with Crippen LogP contribution in [-0.4, -0.2) is 61.6 Å². The van der Waals surface area contributed by atoms with E-state index in [0.717, 1.165) is 0 Å². The number of likely N-dealkylation sites (tertiary alicyclic amines) is 1. The van der Waals surface area contributed by atoms with Crippen molar-refractivity contribution in [2.45, 2.75) is 45.7 Å². The molecule has 2 rings (SSSR count). The van der Waals surface area contributed by atoms with Gasteiger partial charge in [0.2, 0.25) is 5.91 Å². The van der Waals surface area contributed by atoms with Crippen molar-refractivity contribution in [2.24, 2.45) is 5.92 Å². The fraction of sp³-hybridized carbons (Fsp3) is 0.571. The van der Waals surface area contributed by atoms with Gasteiger partial charge in [-0.05, 0) is 57.7 Å². The molecule has 1 aromatic carbocycles. The number of carbonyl (C=O) groups is 3. The first-order valence-electron chi connectivity index (χ1n) is 10.1. The summed E-state index contributed by atoms with van der Waals surface area (Å²) in [7, 11) is 1.54. The second-order valence-corrected chi connectivity index (χ2v) is 7.51. The predicted molar refractivity (Wildman–Crippen MR) is 111 cm³/mol. The summed E-state index contributed by atoms with van der Waals surface area (Å²) in [4.78, 5) is 39.4. The average molecular weight is 405 g/mol. The number of benzene rings is 1. The minimum atomic E-state index is -0.660. The summed E-state index contributed by atoms with van der Waals surface area (Å²) in [5, 5.41) is 8.60.